The zero-order valence-corrected chi connectivity index (χ0v) is 13.1. The van der Waals surface area contributed by atoms with E-state index in [2.05, 4.69) is 0 Å². The van der Waals surface area contributed by atoms with E-state index < -0.39 is 12.0 Å². The fourth-order valence-corrected chi connectivity index (χ4v) is 2.52. The summed E-state index contributed by atoms with van der Waals surface area (Å²) in [6.45, 7) is 0.275. The highest BCUT2D eigenvalue weighted by molar-refractivity contribution is 5.78. The van der Waals surface area contributed by atoms with E-state index in [1.54, 1.807) is 48.1 Å². The molecule has 122 valence electrons. The molecule has 1 unspecified atom stereocenters. The molecule has 0 amide bonds. The normalized spacial score (nSPS) is 11.9. The Kier molecular flexibility index (Phi) is 5.54. The number of carbonyl (C=O) groups excluding carboxylic acids is 2. The molecule has 0 fully saturated rings. The summed E-state index contributed by atoms with van der Waals surface area (Å²) in [7, 11) is 2.86. The van der Waals surface area contributed by atoms with Gasteiger partial charge in [0.15, 0.2) is 6.29 Å². The molecule has 0 aliphatic carbocycles. The average molecular weight is 317 g/mol. The second-order valence-electron chi connectivity index (χ2n) is 5.08. The van der Waals surface area contributed by atoms with Gasteiger partial charge < -0.3 is 19.1 Å². The third-order valence-electron chi connectivity index (χ3n) is 3.60. The smallest absolute Gasteiger partial charge is 0.329 e. The van der Waals surface area contributed by atoms with Crippen LogP contribution in [0.4, 0.5) is 0 Å². The first-order valence-corrected chi connectivity index (χ1v) is 7.10. The number of benzene rings is 1. The molecule has 0 saturated heterocycles. The van der Waals surface area contributed by atoms with Crippen molar-refractivity contribution >= 4 is 12.3 Å². The monoisotopic (exact) mass is 317 g/mol. The number of methoxy groups -OCH3 is 2. The number of carbonyl (C=O) groups is 2. The molecule has 2 rings (SSSR count). The van der Waals surface area contributed by atoms with Gasteiger partial charge in [-0.05, 0) is 29.8 Å². The summed E-state index contributed by atoms with van der Waals surface area (Å²) in [6, 6.07) is 9.27. The van der Waals surface area contributed by atoms with Crippen LogP contribution < -0.4 is 0 Å². The molecule has 1 atom stereocenters. The summed E-state index contributed by atoms with van der Waals surface area (Å²) < 4.78 is 11.7. The highest BCUT2D eigenvalue weighted by Gasteiger charge is 2.26. The van der Waals surface area contributed by atoms with E-state index >= 15 is 0 Å². The maximum atomic E-state index is 12.3. The number of ether oxygens (including phenoxy) is 2. The molecule has 23 heavy (non-hydrogen) atoms. The Bertz CT molecular complexity index is 675. The second-order valence-corrected chi connectivity index (χ2v) is 5.08. The Morgan fingerprint density at radius 3 is 2.48 bits per heavy atom. The van der Waals surface area contributed by atoms with Gasteiger partial charge in [-0.3, -0.25) is 4.79 Å². The minimum atomic E-state index is -0.690. The van der Waals surface area contributed by atoms with Gasteiger partial charge in [-0.2, -0.15) is 0 Å². The van der Waals surface area contributed by atoms with Crippen molar-refractivity contribution in [3.05, 3.63) is 53.3 Å². The molecule has 1 heterocycles. The number of nitrogens with zero attached hydrogens (tertiary/aromatic N) is 1. The van der Waals surface area contributed by atoms with Crippen molar-refractivity contribution in [3.8, 4) is 5.75 Å². The minimum Gasteiger partial charge on any atom is -0.508 e. The molecule has 1 N–H and O–H groups in total. The van der Waals surface area contributed by atoms with Gasteiger partial charge >= 0.3 is 5.97 Å². The van der Waals surface area contributed by atoms with Gasteiger partial charge in [0.05, 0.1) is 19.4 Å². The van der Waals surface area contributed by atoms with Gasteiger partial charge in [0.1, 0.15) is 11.8 Å². The molecule has 6 heteroatoms. The van der Waals surface area contributed by atoms with Gasteiger partial charge in [-0.25, -0.2) is 4.79 Å². The SMILES string of the molecule is COCc1ccc(C=O)n1C(Cc1ccc(O)cc1)C(=O)OC. The number of esters is 1. The van der Waals surface area contributed by atoms with Crippen molar-refractivity contribution in [2.75, 3.05) is 14.2 Å². The third-order valence-corrected chi connectivity index (χ3v) is 3.60. The summed E-state index contributed by atoms with van der Waals surface area (Å²) in [4.78, 5) is 23.6. The van der Waals surface area contributed by atoms with Gasteiger partial charge in [-0.1, -0.05) is 12.1 Å². The third kappa shape index (κ3) is 3.78. The van der Waals surface area contributed by atoms with Crippen LogP contribution in [0.25, 0.3) is 0 Å². The number of phenols is 1. The maximum absolute atomic E-state index is 12.3. The lowest BCUT2D eigenvalue weighted by atomic mass is 10.0. The van der Waals surface area contributed by atoms with Crippen molar-refractivity contribution < 1.29 is 24.2 Å². The van der Waals surface area contributed by atoms with Crippen molar-refractivity contribution in [2.24, 2.45) is 0 Å². The predicted octanol–water partition coefficient (Wildman–Crippen LogP) is 2.11. The Balaban J connectivity index is 2.42. The largest absolute Gasteiger partial charge is 0.508 e. The molecule has 6 nitrogen and oxygen atoms in total. The zero-order valence-electron chi connectivity index (χ0n) is 13.1. The predicted molar refractivity (Wildman–Crippen MR) is 83.4 cm³/mol. The number of hydrogen-bond acceptors (Lipinski definition) is 5. The number of aromatic nitrogens is 1. The first kappa shape index (κ1) is 16.8. The summed E-state index contributed by atoms with van der Waals surface area (Å²) in [6.07, 6.45) is 1.03. The molecule has 0 radical (unpaired) electrons. The lowest BCUT2D eigenvalue weighted by Crippen LogP contribution is -2.26. The van der Waals surface area contributed by atoms with E-state index in [0.29, 0.717) is 24.1 Å². The highest BCUT2D eigenvalue weighted by atomic mass is 16.5. The Hall–Kier alpha value is -2.60. The molecular weight excluding hydrogens is 298 g/mol. The lowest BCUT2D eigenvalue weighted by Gasteiger charge is -2.21. The minimum absolute atomic E-state index is 0.151. The molecule has 2 aromatic rings. The topological polar surface area (TPSA) is 77.8 Å². The number of phenolic OH excluding ortho intramolecular Hbond substituents is 1. The summed E-state index contributed by atoms with van der Waals surface area (Å²) in [5, 5.41) is 9.37. The van der Waals surface area contributed by atoms with Crippen molar-refractivity contribution in [2.45, 2.75) is 19.1 Å². The molecule has 0 aliphatic rings. The van der Waals surface area contributed by atoms with Crippen LogP contribution in [0.3, 0.4) is 0 Å². The van der Waals surface area contributed by atoms with Crippen LogP contribution in [0.1, 0.15) is 27.8 Å². The Morgan fingerprint density at radius 1 is 1.22 bits per heavy atom. The summed E-state index contributed by atoms with van der Waals surface area (Å²) in [5.41, 5.74) is 1.93. The molecule has 0 bridgehead atoms. The first-order valence-electron chi connectivity index (χ1n) is 7.10. The molecule has 0 spiro atoms. The number of aldehydes is 1. The number of aromatic hydroxyl groups is 1. The quantitative estimate of drug-likeness (QED) is 0.625. The van der Waals surface area contributed by atoms with Crippen LogP contribution in [-0.4, -0.2) is 36.1 Å². The molecule has 0 aliphatic heterocycles. The summed E-state index contributed by atoms with van der Waals surface area (Å²) >= 11 is 0. The van der Waals surface area contributed by atoms with Crippen molar-refractivity contribution in [1.29, 1.82) is 0 Å². The standard InChI is InChI=1S/C17H19NO5/c1-22-11-14-6-5-13(10-19)18(14)16(17(21)23-2)9-12-3-7-15(20)8-4-12/h3-8,10,16,20H,9,11H2,1-2H3. The molecular formula is C17H19NO5. The molecule has 1 aromatic heterocycles. The van der Waals surface area contributed by atoms with E-state index in [4.69, 9.17) is 9.47 Å². The average Bonchev–Trinajstić information content (AvgIpc) is 2.96. The van der Waals surface area contributed by atoms with Crippen LogP contribution in [0.15, 0.2) is 36.4 Å². The van der Waals surface area contributed by atoms with Gasteiger partial charge in [0, 0.05) is 19.2 Å². The van der Waals surface area contributed by atoms with Crippen molar-refractivity contribution in [3.63, 3.8) is 0 Å². The van der Waals surface area contributed by atoms with Gasteiger partial charge in [0.25, 0.3) is 0 Å². The van der Waals surface area contributed by atoms with E-state index in [1.807, 2.05) is 0 Å². The number of rotatable bonds is 7. The van der Waals surface area contributed by atoms with E-state index in [0.717, 1.165) is 5.56 Å². The zero-order chi connectivity index (χ0) is 16.8. The molecule has 1 aromatic carbocycles. The fourth-order valence-electron chi connectivity index (χ4n) is 2.52. The van der Waals surface area contributed by atoms with Gasteiger partial charge in [-0.15, -0.1) is 0 Å². The Morgan fingerprint density at radius 2 is 1.91 bits per heavy atom. The Labute approximate surface area is 134 Å². The van der Waals surface area contributed by atoms with E-state index in [9.17, 15) is 14.7 Å². The highest BCUT2D eigenvalue weighted by Crippen LogP contribution is 2.23. The summed E-state index contributed by atoms with van der Waals surface area (Å²) in [5.74, 6) is -0.298. The van der Waals surface area contributed by atoms with Crippen LogP contribution >= 0.6 is 0 Å². The van der Waals surface area contributed by atoms with Crippen molar-refractivity contribution in [1.82, 2.24) is 4.57 Å². The van der Waals surface area contributed by atoms with Crippen LogP contribution in [0, 0.1) is 0 Å². The maximum Gasteiger partial charge on any atom is 0.329 e. The van der Waals surface area contributed by atoms with E-state index in [1.165, 1.54) is 7.11 Å². The van der Waals surface area contributed by atoms with E-state index in [-0.39, 0.29) is 12.4 Å². The second kappa shape index (κ2) is 7.60. The van der Waals surface area contributed by atoms with Crippen LogP contribution in [-0.2, 0) is 27.3 Å². The van der Waals surface area contributed by atoms with Gasteiger partial charge in [0.2, 0.25) is 0 Å². The lowest BCUT2D eigenvalue weighted by molar-refractivity contribution is -0.144. The molecule has 0 saturated carbocycles. The van der Waals surface area contributed by atoms with Crippen LogP contribution in [0.2, 0.25) is 0 Å². The first-order chi connectivity index (χ1) is 11.1. The fraction of sp³-hybridized carbons (Fsp3) is 0.294. The van der Waals surface area contributed by atoms with Crippen LogP contribution in [0.5, 0.6) is 5.75 Å². The number of hydrogen-bond donors (Lipinski definition) is 1.